The Bertz CT molecular complexity index is 1270. The van der Waals surface area contributed by atoms with Crippen LogP contribution in [0.3, 0.4) is 0 Å². The number of amides is 2. The SMILES string of the molecule is NC(CO)C(=O)Nc1cccc(-c2csc(SCC(=O)NC3CCN(Cc4ccc(Cl)c(Cl)c4)CC3)n2)c1. The number of nitrogens with one attached hydrogen (secondary N) is 2. The predicted molar refractivity (Wildman–Crippen MR) is 155 cm³/mol. The maximum atomic E-state index is 12.6. The summed E-state index contributed by atoms with van der Waals surface area (Å²) in [5.74, 6) is -0.159. The van der Waals surface area contributed by atoms with E-state index in [1.165, 1.54) is 23.1 Å². The van der Waals surface area contributed by atoms with Gasteiger partial charge in [-0.3, -0.25) is 14.5 Å². The number of rotatable bonds is 10. The van der Waals surface area contributed by atoms with Crippen molar-refractivity contribution < 1.29 is 14.7 Å². The van der Waals surface area contributed by atoms with Crippen molar-refractivity contribution in [2.45, 2.75) is 35.8 Å². The van der Waals surface area contributed by atoms with Gasteiger partial charge < -0.3 is 21.5 Å². The van der Waals surface area contributed by atoms with Crippen molar-refractivity contribution in [3.8, 4) is 11.3 Å². The molecule has 4 rings (SSSR count). The monoisotopic (exact) mass is 593 g/mol. The molecule has 1 aromatic heterocycles. The normalized spacial score (nSPS) is 15.3. The molecule has 38 heavy (non-hydrogen) atoms. The fraction of sp³-hybridized carbons (Fsp3) is 0.346. The molecule has 0 aliphatic carbocycles. The van der Waals surface area contributed by atoms with E-state index in [9.17, 15) is 9.59 Å². The van der Waals surface area contributed by atoms with Crippen LogP contribution in [0.5, 0.6) is 0 Å². The van der Waals surface area contributed by atoms with Crippen LogP contribution in [0.2, 0.25) is 10.0 Å². The molecule has 8 nitrogen and oxygen atoms in total. The first-order valence-corrected chi connectivity index (χ1v) is 14.7. The number of carbonyl (C=O) groups is 2. The molecule has 0 saturated carbocycles. The number of aliphatic hydroxyl groups excluding tert-OH is 1. The van der Waals surface area contributed by atoms with E-state index in [4.69, 9.17) is 34.0 Å². The third-order valence-electron chi connectivity index (χ3n) is 6.11. The summed E-state index contributed by atoms with van der Waals surface area (Å²) in [6.45, 7) is 2.19. The molecule has 0 radical (unpaired) electrons. The van der Waals surface area contributed by atoms with Crippen molar-refractivity contribution >= 4 is 63.8 Å². The number of hydrogen-bond donors (Lipinski definition) is 4. The molecule has 202 valence electrons. The molecular formula is C26H29Cl2N5O3S2. The fourth-order valence-electron chi connectivity index (χ4n) is 4.06. The third kappa shape index (κ3) is 8.16. The Labute approximate surface area is 239 Å². The van der Waals surface area contributed by atoms with Crippen LogP contribution in [0, 0.1) is 0 Å². The number of hydrogen-bond acceptors (Lipinski definition) is 8. The minimum Gasteiger partial charge on any atom is -0.394 e. The van der Waals surface area contributed by atoms with Crippen molar-refractivity contribution in [1.29, 1.82) is 0 Å². The van der Waals surface area contributed by atoms with Gasteiger partial charge in [0.15, 0.2) is 4.34 Å². The lowest BCUT2D eigenvalue weighted by atomic mass is 10.0. The Morgan fingerprint density at radius 1 is 1.18 bits per heavy atom. The van der Waals surface area contributed by atoms with E-state index in [1.54, 1.807) is 12.1 Å². The Morgan fingerprint density at radius 3 is 2.71 bits per heavy atom. The molecule has 0 bridgehead atoms. The minimum absolute atomic E-state index is 0.000357. The maximum absolute atomic E-state index is 12.6. The standard InChI is InChI=1S/C26H29Cl2N5O3S2/c27-20-5-4-16(10-21(20)28)12-33-8-6-18(7-9-33)30-24(35)15-38-26-32-23(14-37-26)17-2-1-3-19(11-17)31-25(36)22(29)13-34/h1-5,10-11,14,18,22,34H,6-9,12-13,15,29H2,(H,30,35)(H,31,36). The van der Waals surface area contributed by atoms with Gasteiger partial charge in [-0.25, -0.2) is 4.98 Å². The van der Waals surface area contributed by atoms with E-state index < -0.39 is 18.6 Å². The van der Waals surface area contributed by atoms with Crippen LogP contribution >= 0.6 is 46.3 Å². The highest BCUT2D eigenvalue weighted by Gasteiger charge is 2.21. The molecule has 3 aromatic rings. The molecule has 0 spiro atoms. The molecule has 1 aliphatic heterocycles. The number of aromatic nitrogens is 1. The first-order chi connectivity index (χ1) is 18.3. The van der Waals surface area contributed by atoms with Crippen LogP contribution in [-0.4, -0.2) is 64.3 Å². The number of piperidine rings is 1. The van der Waals surface area contributed by atoms with Crippen LogP contribution < -0.4 is 16.4 Å². The van der Waals surface area contributed by atoms with Gasteiger partial charge in [-0.1, -0.05) is 53.2 Å². The number of nitrogens with two attached hydrogens (primary N) is 1. The number of thioether (sulfide) groups is 1. The molecule has 1 atom stereocenters. The molecule has 2 amide bonds. The fourth-order valence-corrected chi connectivity index (χ4v) is 6.03. The van der Waals surface area contributed by atoms with E-state index in [0.717, 1.165) is 53.6 Å². The van der Waals surface area contributed by atoms with Crippen molar-refractivity contribution in [2.75, 3.05) is 30.8 Å². The summed E-state index contributed by atoms with van der Waals surface area (Å²) in [7, 11) is 0. The number of aliphatic hydroxyl groups is 1. The minimum atomic E-state index is -0.978. The van der Waals surface area contributed by atoms with Gasteiger partial charge in [0, 0.05) is 42.3 Å². The zero-order valence-corrected chi connectivity index (χ0v) is 23.7. The van der Waals surface area contributed by atoms with E-state index >= 15 is 0 Å². The third-order valence-corrected chi connectivity index (χ3v) is 8.87. The van der Waals surface area contributed by atoms with Crippen LogP contribution in [0.4, 0.5) is 5.69 Å². The molecule has 12 heteroatoms. The lowest BCUT2D eigenvalue weighted by Crippen LogP contribution is -2.44. The van der Waals surface area contributed by atoms with Gasteiger partial charge in [0.05, 0.1) is 28.1 Å². The maximum Gasteiger partial charge on any atom is 0.243 e. The number of nitrogens with zero attached hydrogens (tertiary/aromatic N) is 2. The average molecular weight is 595 g/mol. The van der Waals surface area contributed by atoms with Gasteiger partial charge in [-0.15, -0.1) is 11.3 Å². The van der Waals surface area contributed by atoms with Crippen LogP contribution in [0.15, 0.2) is 52.2 Å². The summed E-state index contributed by atoms with van der Waals surface area (Å²) in [4.78, 5) is 31.5. The Balaban J connectivity index is 1.21. The van der Waals surface area contributed by atoms with E-state index in [-0.39, 0.29) is 11.9 Å². The lowest BCUT2D eigenvalue weighted by molar-refractivity contribution is -0.119. The van der Waals surface area contributed by atoms with Crippen LogP contribution in [-0.2, 0) is 16.1 Å². The average Bonchev–Trinajstić information content (AvgIpc) is 3.40. The van der Waals surface area contributed by atoms with Gasteiger partial charge >= 0.3 is 0 Å². The van der Waals surface area contributed by atoms with E-state index in [1.807, 2.05) is 35.7 Å². The van der Waals surface area contributed by atoms with Gasteiger partial charge in [-0.05, 0) is 42.7 Å². The highest BCUT2D eigenvalue weighted by Crippen LogP contribution is 2.30. The summed E-state index contributed by atoms with van der Waals surface area (Å²) in [6, 6.07) is 12.2. The highest BCUT2D eigenvalue weighted by molar-refractivity contribution is 8.01. The van der Waals surface area contributed by atoms with Crippen molar-refractivity contribution in [1.82, 2.24) is 15.2 Å². The second kappa shape index (κ2) is 13.7. The number of anilines is 1. The van der Waals surface area contributed by atoms with Crippen LogP contribution in [0.1, 0.15) is 18.4 Å². The summed E-state index contributed by atoms with van der Waals surface area (Å²) < 4.78 is 0.795. The van der Waals surface area contributed by atoms with E-state index in [0.29, 0.717) is 21.5 Å². The summed E-state index contributed by atoms with van der Waals surface area (Å²) in [6.07, 6.45) is 1.80. The molecule has 2 aromatic carbocycles. The Hall–Kier alpha value is -2.18. The van der Waals surface area contributed by atoms with Crippen LogP contribution in [0.25, 0.3) is 11.3 Å². The molecule has 5 N–H and O–H groups in total. The first-order valence-electron chi connectivity index (χ1n) is 12.1. The number of likely N-dealkylation sites (tertiary alicyclic amines) is 1. The Kier molecular flexibility index (Phi) is 10.4. The number of benzene rings is 2. The topological polar surface area (TPSA) is 121 Å². The quantitative estimate of drug-likeness (QED) is 0.259. The second-order valence-corrected chi connectivity index (χ2v) is 11.9. The molecule has 1 aliphatic rings. The van der Waals surface area contributed by atoms with Gasteiger partial charge in [0.2, 0.25) is 11.8 Å². The number of halogens is 2. The number of thiazole rings is 1. The summed E-state index contributed by atoms with van der Waals surface area (Å²) in [5.41, 5.74) is 8.85. The zero-order valence-electron chi connectivity index (χ0n) is 20.5. The van der Waals surface area contributed by atoms with Gasteiger partial charge in [0.25, 0.3) is 0 Å². The van der Waals surface area contributed by atoms with Gasteiger partial charge in [0.1, 0.15) is 6.04 Å². The second-order valence-electron chi connectivity index (χ2n) is 9.01. The molecule has 1 unspecified atom stereocenters. The van der Waals surface area contributed by atoms with Crippen molar-refractivity contribution in [2.24, 2.45) is 5.73 Å². The zero-order chi connectivity index (χ0) is 27.1. The molecule has 2 heterocycles. The van der Waals surface area contributed by atoms with E-state index in [2.05, 4.69) is 20.5 Å². The largest absolute Gasteiger partial charge is 0.394 e. The van der Waals surface area contributed by atoms with Crippen molar-refractivity contribution in [3.05, 3.63) is 63.5 Å². The highest BCUT2D eigenvalue weighted by atomic mass is 35.5. The molecular weight excluding hydrogens is 565 g/mol. The van der Waals surface area contributed by atoms with Gasteiger partial charge in [-0.2, -0.15) is 0 Å². The Morgan fingerprint density at radius 2 is 1.97 bits per heavy atom. The smallest absolute Gasteiger partial charge is 0.243 e. The molecule has 1 fully saturated rings. The summed E-state index contributed by atoms with van der Waals surface area (Å²) in [5, 5.41) is 17.9. The summed E-state index contributed by atoms with van der Waals surface area (Å²) >= 11 is 15.0. The predicted octanol–water partition coefficient (Wildman–Crippen LogP) is 4.25. The number of carbonyl (C=O) groups excluding carboxylic acids is 2. The lowest BCUT2D eigenvalue weighted by Gasteiger charge is -2.32. The first kappa shape index (κ1) is 28.8. The van der Waals surface area contributed by atoms with Crippen molar-refractivity contribution in [3.63, 3.8) is 0 Å². The molecule has 1 saturated heterocycles.